The Morgan fingerprint density at radius 3 is 2.72 bits per heavy atom. The van der Waals surface area contributed by atoms with Crippen LogP contribution < -0.4 is 5.56 Å². The summed E-state index contributed by atoms with van der Waals surface area (Å²) in [6.07, 6.45) is 5.80. The predicted molar refractivity (Wildman–Crippen MR) is 116 cm³/mol. The Labute approximate surface area is 175 Å². The third-order valence-corrected chi connectivity index (χ3v) is 7.41. The van der Waals surface area contributed by atoms with Gasteiger partial charge in [-0.2, -0.15) is 0 Å². The first-order chi connectivity index (χ1) is 14.0. The lowest BCUT2D eigenvalue weighted by Crippen LogP contribution is -2.12. The summed E-state index contributed by atoms with van der Waals surface area (Å²) in [7, 11) is 0. The number of hydrogen-bond acceptors (Lipinski definition) is 7. The lowest BCUT2D eigenvalue weighted by Gasteiger charge is -2.12. The fourth-order valence-corrected chi connectivity index (χ4v) is 5.41. The van der Waals surface area contributed by atoms with E-state index in [2.05, 4.69) is 24.7 Å². The zero-order valence-electron chi connectivity index (χ0n) is 16.3. The first-order valence-corrected chi connectivity index (χ1v) is 11.2. The molecule has 0 unspecified atom stereocenters. The van der Waals surface area contributed by atoms with Gasteiger partial charge in [0.15, 0.2) is 11.0 Å². The molecule has 4 aromatic heterocycles. The molecule has 7 nitrogen and oxygen atoms in total. The SMILES string of the molecule is Cc1sc2nc([C@H](C)Sc3nnc(-c4ccncc4)n3C3CC3)[nH]c(=O)c2c1C. The summed E-state index contributed by atoms with van der Waals surface area (Å²) in [5, 5.41) is 10.4. The highest BCUT2D eigenvalue weighted by atomic mass is 32.2. The highest BCUT2D eigenvalue weighted by molar-refractivity contribution is 7.99. The lowest BCUT2D eigenvalue weighted by atomic mass is 10.2. The van der Waals surface area contributed by atoms with E-state index in [4.69, 9.17) is 4.98 Å². The zero-order valence-corrected chi connectivity index (χ0v) is 18.0. The largest absolute Gasteiger partial charge is 0.309 e. The van der Waals surface area contributed by atoms with Crippen molar-refractivity contribution < 1.29 is 0 Å². The van der Waals surface area contributed by atoms with Crippen LogP contribution in [0.1, 0.15) is 47.3 Å². The Bertz CT molecular complexity index is 1260. The average molecular weight is 425 g/mol. The molecule has 0 saturated heterocycles. The molecule has 0 spiro atoms. The van der Waals surface area contributed by atoms with Crippen molar-refractivity contribution in [2.75, 3.05) is 0 Å². The summed E-state index contributed by atoms with van der Waals surface area (Å²) in [4.78, 5) is 26.4. The maximum absolute atomic E-state index is 12.6. The van der Waals surface area contributed by atoms with E-state index in [1.165, 1.54) is 0 Å². The third kappa shape index (κ3) is 3.28. The monoisotopic (exact) mass is 424 g/mol. The smallest absolute Gasteiger partial charge is 0.259 e. The Morgan fingerprint density at radius 1 is 1.24 bits per heavy atom. The molecule has 1 fully saturated rings. The van der Waals surface area contributed by atoms with Crippen molar-refractivity contribution in [1.82, 2.24) is 29.7 Å². The molecule has 1 N–H and O–H groups in total. The molecule has 1 saturated carbocycles. The van der Waals surface area contributed by atoms with Crippen LogP contribution in [0, 0.1) is 13.8 Å². The third-order valence-electron chi connectivity index (χ3n) is 5.24. The van der Waals surface area contributed by atoms with Crippen LogP contribution in [0.2, 0.25) is 0 Å². The molecule has 5 rings (SSSR count). The number of aryl methyl sites for hydroxylation is 2. The topological polar surface area (TPSA) is 89.3 Å². The van der Waals surface area contributed by atoms with Gasteiger partial charge in [-0.3, -0.25) is 14.3 Å². The quantitative estimate of drug-likeness (QED) is 0.476. The number of thioether (sulfide) groups is 1. The summed E-state index contributed by atoms with van der Waals surface area (Å²) in [6, 6.07) is 4.34. The van der Waals surface area contributed by atoms with E-state index in [0.717, 1.165) is 44.7 Å². The molecule has 29 heavy (non-hydrogen) atoms. The molecule has 9 heteroatoms. The van der Waals surface area contributed by atoms with Gasteiger partial charge in [-0.1, -0.05) is 11.8 Å². The summed E-state index contributed by atoms with van der Waals surface area (Å²) in [5.74, 6) is 1.54. The lowest BCUT2D eigenvalue weighted by molar-refractivity contribution is 0.667. The normalized spacial score (nSPS) is 15.1. The minimum absolute atomic E-state index is 0.0539. The highest BCUT2D eigenvalue weighted by Gasteiger charge is 2.31. The maximum atomic E-state index is 12.6. The number of pyridine rings is 1. The van der Waals surface area contributed by atoms with Crippen LogP contribution in [0.5, 0.6) is 0 Å². The molecular weight excluding hydrogens is 404 g/mol. The molecule has 1 aliphatic carbocycles. The van der Waals surface area contributed by atoms with Gasteiger partial charge in [0.1, 0.15) is 10.7 Å². The van der Waals surface area contributed by atoms with Crippen molar-refractivity contribution in [3.05, 3.63) is 51.1 Å². The van der Waals surface area contributed by atoms with Crippen LogP contribution in [0.4, 0.5) is 0 Å². The number of aromatic amines is 1. The maximum Gasteiger partial charge on any atom is 0.259 e. The van der Waals surface area contributed by atoms with Gasteiger partial charge < -0.3 is 4.98 Å². The molecule has 0 aliphatic heterocycles. The molecule has 0 radical (unpaired) electrons. The fraction of sp³-hybridized carbons (Fsp3) is 0.350. The van der Waals surface area contributed by atoms with Crippen LogP contribution in [0.25, 0.3) is 21.6 Å². The second-order valence-electron chi connectivity index (χ2n) is 7.32. The van der Waals surface area contributed by atoms with Crippen molar-refractivity contribution in [3.63, 3.8) is 0 Å². The van der Waals surface area contributed by atoms with Crippen molar-refractivity contribution >= 4 is 33.3 Å². The minimum Gasteiger partial charge on any atom is -0.309 e. The average Bonchev–Trinajstić information content (AvgIpc) is 3.40. The van der Waals surface area contributed by atoms with Gasteiger partial charge in [-0.15, -0.1) is 21.5 Å². The summed E-state index contributed by atoms with van der Waals surface area (Å²) in [5.41, 5.74) is 1.96. The van der Waals surface area contributed by atoms with Crippen molar-refractivity contribution in [2.24, 2.45) is 0 Å². The Kier molecular flexibility index (Phi) is 4.51. The van der Waals surface area contributed by atoms with Gasteiger partial charge in [0.25, 0.3) is 5.56 Å². The molecule has 4 heterocycles. The summed E-state index contributed by atoms with van der Waals surface area (Å²) >= 11 is 3.15. The number of fused-ring (bicyclic) bond motifs is 1. The van der Waals surface area contributed by atoms with Crippen LogP contribution in [-0.4, -0.2) is 29.7 Å². The van der Waals surface area contributed by atoms with Crippen molar-refractivity contribution in [3.8, 4) is 11.4 Å². The number of hydrogen-bond donors (Lipinski definition) is 1. The van der Waals surface area contributed by atoms with E-state index >= 15 is 0 Å². The van der Waals surface area contributed by atoms with Gasteiger partial charge in [0, 0.05) is 28.9 Å². The van der Waals surface area contributed by atoms with Gasteiger partial charge >= 0.3 is 0 Å². The molecule has 4 aromatic rings. The number of rotatable bonds is 5. The van der Waals surface area contributed by atoms with E-state index in [1.54, 1.807) is 35.5 Å². The molecule has 1 aliphatic rings. The fourth-order valence-electron chi connectivity index (χ4n) is 3.39. The van der Waals surface area contributed by atoms with Crippen LogP contribution in [0.15, 0.2) is 34.5 Å². The predicted octanol–water partition coefficient (Wildman–Crippen LogP) is 4.44. The molecular formula is C20H20N6OS2. The van der Waals surface area contributed by atoms with Gasteiger partial charge in [-0.25, -0.2) is 4.98 Å². The van der Waals surface area contributed by atoms with E-state index in [1.807, 2.05) is 32.9 Å². The standard InChI is InChI=1S/C20H20N6OS2/c1-10-11(2)28-19-15(10)18(27)22-16(23-19)12(3)29-20-25-24-17(26(20)14-4-5-14)13-6-8-21-9-7-13/h6-9,12,14H,4-5H2,1-3H3,(H,22,23,27)/t12-/m0/s1. The van der Waals surface area contributed by atoms with Crippen molar-refractivity contribution in [1.29, 1.82) is 0 Å². The number of nitrogens with one attached hydrogen (secondary N) is 1. The minimum atomic E-state index is -0.0690. The zero-order chi connectivity index (χ0) is 20.1. The van der Waals surface area contributed by atoms with Crippen LogP contribution >= 0.6 is 23.1 Å². The Hall–Kier alpha value is -2.52. The Balaban J connectivity index is 1.50. The number of H-pyrrole nitrogens is 1. The first-order valence-electron chi connectivity index (χ1n) is 9.54. The van der Waals surface area contributed by atoms with Crippen molar-refractivity contribution in [2.45, 2.75) is 50.1 Å². The van der Waals surface area contributed by atoms with Crippen LogP contribution in [0.3, 0.4) is 0 Å². The van der Waals surface area contributed by atoms with Gasteiger partial charge in [-0.05, 0) is 51.3 Å². The molecule has 0 bridgehead atoms. The number of nitrogens with zero attached hydrogens (tertiary/aromatic N) is 5. The van der Waals surface area contributed by atoms with Gasteiger partial charge in [0.05, 0.1) is 10.6 Å². The van der Waals surface area contributed by atoms with E-state index < -0.39 is 0 Å². The first kappa shape index (κ1) is 18.5. The second-order valence-corrected chi connectivity index (χ2v) is 9.83. The van der Waals surface area contributed by atoms with Gasteiger partial charge in [0.2, 0.25) is 0 Å². The molecule has 0 amide bonds. The summed E-state index contributed by atoms with van der Waals surface area (Å²) < 4.78 is 2.21. The Morgan fingerprint density at radius 2 is 2.00 bits per heavy atom. The van der Waals surface area contributed by atoms with E-state index in [9.17, 15) is 4.79 Å². The van der Waals surface area contributed by atoms with E-state index in [0.29, 0.717) is 17.3 Å². The molecule has 148 valence electrons. The molecule has 1 atom stereocenters. The number of aromatic nitrogens is 6. The highest BCUT2D eigenvalue weighted by Crippen LogP contribution is 2.43. The van der Waals surface area contributed by atoms with Crippen LogP contribution in [-0.2, 0) is 0 Å². The second kappa shape index (κ2) is 7.07. The van der Waals surface area contributed by atoms with E-state index in [-0.39, 0.29) is 10.8 Å². The number of thiophene rings is 1. The molecule has 0 aromatic carbocycles. The summed E-state index contributed by atoms with van der Waals surface area (Å²) in [6.45, 7) is 6.04.